The fraction of sp³-hybridized carbons (Fsp3) is 0.381. The van der Waals surface area contributed by atoms with Gasteiger partial charge in [-0.05, 0) is 31.4 Å². The van der Waals surface area contributed by atoms with Gasteiger partial charge in [-0.2, -0.15) is 0 Å². The van der Waals surface area contributed by atoms with Crippen molar-refractivity contribution in [1.29, 1.82) is 0 Å². The first-order chi connectivity index (χ1) is 12.1. The lowest BCUT2D eigenvalue weighted by molar-refractivity contribution is -0.135. The minimum Gasteiger partial charge on any atom is -0.492 e. The lowest BCUT2D eigenvalue weighted by atomic mass is 9.99. The lowest BCUT2D eigenvalue weighted by Crippen LogP contribution is -2.48. The lowest BCUT2D eigenvalue weighted by Gasteiger charge is -2.36. The van der Waals surface area contributed by atoms with Crippen molar-refractivity contribution >= 4 is 5.91 Å². The molecular weight excluding hydrogens is 312 g/mol. The molecule has 0 aliphatic carbocycles. The average Bonchev–Trinajstić information content (AvgIpc) is 2.63. The van der Waals surface area contributed by atoms with Gasteiger partial charge in [0.2, 0.25) is 5.91 Å². The SMILES string of the molecule is C[C@@H]1C[C@H](N)CCN1C(=O)CCOc1ccccc1-c1ccccc1. The number of likely N-dealkylation sites (tertiary alicyclic amines) is 1. The van der Waals surface area contributed by atoms with E-state index in [9.17, 15) is 4.79 Å². The van der Waals surface area contributed by atoms with Crippen molar-refractivity contribution in [2.75, 3.05) is 13.2 Å². The summed E-state index contributed by atoms with van der Waals surface area (Å²) in [5, 5.41) is 0. The smallest absolute Gasteiger partial charge is 0.226 e. The van der Waals surface area contributed by atoms with Crippen LogP contribution in [0.5, 0.6) is 5.75 Å². The summed E-state index contributed by atoms with van der Waals surface area (Å²) >= 11 is 0. The van der Waals surface area contributed by atoms with Crippen LogP contribution in [0.25, 0.3) is 11.1 Å². The summed E-state index contributed by atoms with van der Waals surface area (Å²) in [4.78, 5) is 14.4. The van der Waals surface area contributed by atoms with E-state index in [4.69, 9.17) is 10.5 Å². The van der Waals surface area contributed by atoms with Gasteiger partial charge >= 0.3 is 0 Å². The summed E-state index contributed by atoms with van der Waals surface area (Å²) in [5.74, 6) is 0.965. The molecule has 1 aliphatic heterocycles. The minimum atomic E-state index is 0.150. The third-order valence-electron chi connectivity index (χ3n) is 4.78. The number of piperidine rings is 1. The van der Waals surface area contributed by atoms with Crippen LogP contribution in [0, 0.1) is 0 Å². The van der Waals surface area contributed by atoms with E-state index in [-0.39, 0.29) is 18.0 Å². The van der Waals surface area contributed by atoms with Crippen molar-refractivity contribution in [1.82, 2.24) is 4.90 Å². The second-order valence-corrected chi connectivity index (χ2v) is 6.68. The molecule has 4 nitrogen and oxygen atoms in total. The molecule has 0 radical (unpaired) electrons. The normalized spacial score (nSPS) is 20.3. The van der Waals surface area contributed by atoms with E-state index >= 15 is 0 Å². The van der Waals surface area contributed by atoms with E-state index in [1.807, 2.05) is 47.4 Å². The largest absolute Gasteiger partial charge is 0.492 e. The summed E-state index contributed by atoms with van der Waals surface area (Å²) in [6.07, 6.45) is 2.15. The molecule has 2 atom stereocenters. The molecule has 1 aliphatic rings. The number of amides is 1. The topological polar surface area (TPSA) is 55.6 Å². The average molecular weight is 338 g/mol. The maximum absolute atomic E-state index is 12.5. The van der Waals surface area contributed by atoms with E-state index < -0.39 is 0 Å². The highest BCUT2D eigenvalue weighted by Gasteiger charge is 2.26. The Morgan fingerprint density at radius 2 is 1.88 bits per heavy atom. The second kappa shape index (κ2) is 8.17. The predicted octanol–water partition coefficient (Wildman–Crippen LogP) is 3.46. The molecule has 1 heterocycles. The molecule has 0 bridgehead atoms. The fourth-order valence-corrected chi connectivity index (χ4v) is 3.42. The zero-order chi connectivity index (χ0) is 17.6. The molecule has 0 unspecified atom stereocenters. The van der Waals surface area contributed by atoms with Crippen LogP contribution >= 0.6 is 0 Å². The molecule has 0 saturated carbocycles. The Labute approximate surface area is 149 Å². The maximum Gasteiger partial charge on any atom is 0.226 e. The van der Waals surface area contributed by atoms with Crippen molar-refractivity contribution in [3.63, 3.8) is 0 Å². The van der Waals surface area contributed by atoms with Crippen molar-refractivity contribution < 1.29 is 9.53 Å². The monoisotopic (exact) mass is 338 g/mol. The van der Waals surface area contributed by atoms with Crippen LogP contribution in [0.2, 0.25) is 0 Å². The van der Waals surface area contributed by atoms with Crippen LogP contribution < -0.4 is 10.5 Å². The molecule has 2 aromatic rings. The maximum atomic E-state index is 12.5. The van der Waals surface area contributed by atoms with Crippen molar-refractivity contribution in [3.05, 3.63) is 54.6 Å². The quantitative estimate of drug-likeness (QED) is 0.908. The van der Waals surface area contributed by atoms with Gasteiger partial charge in [-0.1, -0.05) is 48.5 Å². The van der Waals surface area contributed by atoms with Gasteiger partial charge in [0.1, 0.15) is 5.75 Å². The number of nitrogens with zero attached hydrogens (tertiary/aromatic N) is 1. The van der Waals surface area contributed by atoms with E-state index in [0.717, 1.165) is 36.3 Å². The highest BCUT2D eigenvalue weighted by molar-refractivity contribution is 5.77. The molecule has 2 aromatic carbocycles. The number of carbonyl (C=O) groups is 1. The number of hydrogen-bond acceptors (Lipinski definition) is 3. The van der Waals surface area contributed by atoms with Gasteiger partial charge in [0.25, 0.3) is 0 Å². The van der Waals surface area contributed by atoms with E-state index in [2.05, 4.69) is 19.1 Å². The summed E-state index contributed by atoms with van der Waals surface area (Å²) in [6.45, 7) is 3.21. The highest BCUT2D eigenvalue weighted by atomic mass is 16.5. The molecule has 1 fully saturated rings. The molecule has 0 spiro atoms. The van der Waals surface area contributed by atoms with Gasteiger partial charge in [-0.15, -0.1) is 0 Å². The van der Waals surface area contributed by atoms with Crippen molar-refractivity contribution in [2.45, 2.75) is 38.3 Å². The van der Waals surface area contributed by atoms with Gasteiger partial charge < -0.3 is 15.4 Å². The van der Waals surface area contributed by atoms with Gasteiger partial charge in [0.15, 0.2) is 0 Å². The van der Waals surface area contributed by atoms with E-state index in [1.54, 1.807) is 0 Å². The molecule has 4 heteroatoms. The Hall–Kier alpha value is -2.33. The highest BCUT2D eigenvalue weighted by Crippen LogP contribution is 2.29. The predicted molar refractivity (Wildman–Crippen MR) is 100 cm³/mol. The molecule has 3 rings (SSSR count). The number of ether oxygens (including phenoxy) is 1. The number of carbonyl (C=O) groups excluding carboxylic acids is 1. The van der Waals surface area contributed by atoms with Crippen LogP contribution in [0.15, 0.2) is 54.6 Å². The minimum absolute atomic E-state index is 0.150. The Morgan fingerprint density at radius 3 is 2.64 bits per heavy atom. The molecule has 2 N–H and O–H groups in total. The Bertz CT molecular complexity index is 702. The first-order valence-corrected chi connectivity index (χ1v) is 8.97. The third-order valence-corrected chi connectivity index (χ3v) is 4.78. The fourth-order valence-electron chi connectivity index (χ4n) is 3.42. The Kier molecular flexibility index (Phi) is 5.71. The Morgan fingerprint density at radius 1 is 1.16 bits per heavy atom. The third kappa shape index (κ3) is 4.40. The van der Waals surface area contributed by atoms with Crippen molar-refractivity contribution in [2.24, 2.45) is 5.73 Å². The summed E-state index contributed by atoms with van der Waals surface area (Å²) in [7, 11) is 0. The molecule has 1 amide bonds. The number of rotatable bonds is 5. The molecule has 1 saturated heterocycles. The summed E-state index contributed by atoms with van der Waals surface area (Å²) < 4.78 is 5.94. The van der Waals surface area contributed by atoms with Gasteiger partial charge in [0, 0.05) is 24.2 Å². The van der Waals surface area contributed by atoms with Crippen LogP contribution in [-0.2, 0) is 4.79 Å². The number of benzene rings is 2. The molecular formula is C21H26N2O2. The van der Waals surface area contributed by atoms with Crippen molar-refractivity contribution in [3.8, 4) is 16.9 Å². The van der Waals surface area contributed by atoms with E-state index in [0.29, 0.717) is 13.0 Å². The first kappa shape index (κ1) is 17.5. The van der Waals surface area contributed by atoms with E-state index in [1.165, 1.54) is 0 Å². The zero-order valence-electron chi connectivity index (χ0n) is 14.7. The van der Waals surface area contributed by atoms with Crippen LogP contribution in [0.4, 0.5) is 0 Å². The first-order valence-electron chi connectivity index (χ1n) is 8.97. The molecule has 0 aromatic heterocycles. The number of hydrogen-bond donors (Lipinski definition) is 1. The summed E-state index contributed by atoms with van der Waals surface area (Å²) in [5.41, 5.74) is 8.14. The van der Waals surface area contributed by atoms with Gasteiger partial charge in [0.05, 0.1) is 13.0 Å². The summed E-state index contributed by atoms with van der Waals surface area (Å²) in [6, 6.07) is 18.5. The van der Waals surface area contributed by atoms with Crippen LogP contribution in [0.3, 0.4) is 0 Å². The van der Waals surface area contributed by atoms with Gasteiger partial charge in [-0.3, -0.25) is 4.79 Å². The molecule has 132 valence electrons. The number of nitrogens with two attached hydrogens (primary N) is 1. The van der Waals surface area contributed by atoms with Crippen LogP contribution in [-0.4, -0.2) is 36.0 Å². The Balaban J connectivity index is 1.59. The number of para-hydroxylation sites is 1. The second-order valence-electron chi connectivity index (χ2n) is 6.68. The molecule has 25 heavy (non-hydrogen) atoms. The van der Waals surface area contributed by atoms with Gasteiger partial charge in [-0.25, -0.2) is 0 Å². The standard InChI is InChI=1S/C21H26N2O2/c1-16-15-18(22)11-13-23(16)21(24)12-14-25-20-10-6-5-9-19(20)17-7-3-2-4-8-17/h2-10,16,18H,11-15,22H2,1H3/t16-,18-/m1/s1. The van der Waals surface area contributed by atoms with Crippen LogP contribution in [0.1, 0.15) is 26.2 Å². The zero-order valence-corrected chi connectivity index (χ0v) is 14.7.